The number of benzene rings is 4. The first kappa shape index (κ1) is 26.6. The van der Waals surface area contributed by atoms with Crippen LogP contribution in [0.3, 0.4) is 0 Å². The Kier molecular flexibility index (Phi) is 11.2. The molecule has 6 heteroatoms. The Morgan fingerprint density at radius 1 is 0.405 bits per heavy atom. The summed E-state index contributed by atoms with van der Waals surface area (Å²) in [6.45, 7) is 0. The molecule has 0 fully saturated rings. The Morgan fingerprint density at radius 3 is 0.946 bits per heavy atom. The molecule has 0 aliphatic carbocycles. The minimum atomic E-state index is -0.299. The molecular formula is C31H36O4Si2. The van der Waals surface area contributed by atoms with Gasteiger partial charge in [0.1, 0.15) is 23.0 Å². The average Bonchev–Trinajstić information content (AvgIpc) is 2.94. The minimum Gasteiger partial charge on any atom is -0.455 e. The molecule has 0 amide bonds. The zero-order valence-corrected chi connectivity index (χ0v) is 24.1. The van der Waals surface area contributed by atoms with Gasteiger partial charge in [-0.3, -0.25) is 0 Å². The van der Waals surface area contributed by atoms with Crippen LogP contribution in [0, 0.1) is 0 Å². The van der Waals surface area contributed by atoms with Crippen molar-refractivity contribution in [2.45, 2.75) is 43.2 Å². The summed E-state index contributed by atoms with van der Waals surface area (Å²) >= 11 is 0. The van der Waals surface area contributed by atoms with E-state index in [2.05, 4.69) is 0 Å². The van der Waals surface area contributed by atoms with Gasteiger partial charge in [0, 0.05) is 31.1 Å². The van der Waals surface area contributed by atoms with E-state index in [-0.39, 0.29) is 31.6 Å². The molecule has 0 atom stereocenters. The lowest BCUT2D eigenvalue weighted by Gasteiger charge is -2.21. The van der Waals surface area contributed by atoms with Crippen molar-refractivity contribution >= 4 is 19.0 Å². The van der Waals surface area contributed by atoms with E-state index in [1.165, 1.54) is 18.5 Å². The number of ether oxygens (including phenoxy) is 4. The maximum Gasteiger partial charge on any atom is 0.238 e. The van der Waals surface area contributed by atoms with Gasteiger partial charge in [-0.1, -0.05) is 91.3 Å². The monoisotopic (exact) mass is 528 g/mol. The summed E-state index contributed by atoms with van der Waals surface area (Å²) in [7, 11) is -0.599. The summed E-state index contributed by atoms with van der Waals surface area (Å²) in [5.74, 6) is 3.42. The van der Waals surface area contributed by atoms with E-state index in [1.807, 2.05) is 121 Å². The zero-order chi connectivity index (χ0) is 25.4. The molecule has 0 N–H and O–H groups in total. The van der Waals surface area contributed by atoms with Gasteiger partial charge in [-0.25, -0.2) is 0 Å². The predicted octanol–water partition coefficient (Wildman–Crippen LogP) is 6.36. The number of rotatable bonds is 16. The molecular weight excluding hydrogens is 493 g/mol. The molecule has 0 aliphatic rings. The normalized spacial score (nSPS) is 11.5. The average molecular weight is 529 g/mol. The molecule has 0 radical (unpaired) electrons. The van der Waals surface area contributed by atoms with E-state index >= 15 is 0 Å². The number of hydrogen-bond donors (Lipinski definition) is 0. The summed E-state index contributed by atoms with van der Waals surface area (Å²) in [5, 5.41) is 0. The van der Waals surface area contributed by atoms with Crippen LogP contribution in [0.15, 0.2) is 121 Å². The Hall–Kier alpha value is -3.49. The van der Waals surface area contributed by atoms with E-state index in [4.69, 9.17) is 18.9 Å². The summed E-state index contributed by atoms with van der Waals surface area (Å²) in [5.41, 5.74) is 0. The predicted molar refractivity (Wildman–Crippen MR) is 157 cm³/mol. The Morgan fingerprint density at radius 2 is 0.676 bits per heavy atom. The molecule has 4 aromatic carbocycles. The van der Waals surface area contributed by atoms with Gasteiger partial charge in [0.25, 0.3) is 0 Å². The van der Waals surface area contributed by atoms with Crippen molar-refractivity contribution in [3.8, 4) is 23.0 Å². The molecule has 0 unspecified atom stereocenters. The third kappa shape index (κ3) is 10.2. The van der Waals surface area contributed by atoms with Gasteiger partial charge < -0.3 is 18.9 Å². The van der Waals surface area contributed by atoms with E-state index in [1.54, 1.807) is 0 Å². The summed E-state index contributed by atoms with van der Waals surface area (Å²) in [6, 6.07) is 44.4. The van der Waals surface area contributed by atoms with Crippen LogP contribution in [0.1, 0.15) is 6.42 Å². The lowest BCUT2D eigenvalue weighted by atomic mass is 10.3. The van der Waals surface area contributed by atoms with Gasteiger partial charge >= 0.3 is 0 Å². The van der Waals surface area contributed by atoms with Crippen LogP contribution >= 0.6 is 0 Å². The van der Waals surface area contributed by atoms with Gasteiger partial charge in [0.05, 0.1) is 0 Å². The maximum atomic E-state index is 6.18. The summed E-state index contributed by atoms with van der Waals surface area (Å²) in [4.78, 5) is 0. The molecule has 192 valence electrons. The highest BCUT2D eigenvalue weighted by atomic mass is 28.2. The van der Waals surface area contributed by atoms with Crippen LogP contribution < -0.4 is 18.9 Å². The molecule has 4 nitrogen and oxygen atoms in total. The second kappa shape index (κ2) is 15.6. The van der Waals surface area contributed by atoms with E-state index in [0.717, 1.165) is 35.1 Å². The van der Waals surface area contributed by atoms with E-state index in [0.29, 0.717) is 0 Å². The standard InChI is InChI=1S/C31H36O4Si2/c1-5-14-26(15-6-1)32-30(33-27-16-7-2-8-17-27)24-36-22-13-23-37-25-31(34-28-18-9-3-10-19-28)35-29-20-11-4-12-21-29/h1-12,14-21,30-31H,13,22-25,36-37H2. The van der Waals surface area contributed by atoms with Crippen molar-refractivity contribution in [2.75, 3.05) is 0 Å². The second-order valence-corrected chi connectivity index (χ2v) is 12.9. The van der Waals surface area contributed by atoms with Crippen LogP contribution in [0.2, 0.25) is 24.2 Å². The molecule has 0 bridgehead atoms. The van der Waals surface area contributed by atoms with Gasteiger partial charge in [-0.05, 0) is 48.5 Å². The molecule has 37 heavy (non-hydrogen) atoms. The molecule has 4 rings (SSSR count). The fraction of sp³-hybridized carbons (Fsp3) is 0.226. The highest BCUT2D eigenvalue weighted by Gasteiger charge is 2.14. The van der Waals surface area contributed by atoms with Gasteiger partial charge in [0.15, 0.2) is 0 Å². The van der Waals surface area contributed by atoms with E-state index < -0.39 is 0 Å². The third-order valence-electron chi connectivity index (χ3n) is 5.92. The smallest absolute Gasteiger partial charge is 0.238 e. The van der Waals surface area contributed by atoms with Crippen molar-refractivity contribution in [1.82, 2.24) is 0 Å². The fourth-order valence-electron chi connectivity index (χ4n) is 4.04. The van der Waals surface area contributed by atoms with Crippen LogP contribution in [-0.2, 0) is 0 Å². The first-order chi connectivity index (χ1) is 18.3. The highest BCUT2D eigenvalue weighted by Crippen LogP contribution is 2.20. The third-order valence-corrected chi connectivity index (χ3v) is 9.68. The molecule has 0 spiro atoms. The lowest BCUT2D eigenvalue weighted by molar-refractivity contribution is 0.0220. The Bertz CT molecular complexity index is 941. The highest BCUT2D eigenvalue weighted by molar-refractivity contribution is 6.37. The van der Waals surface area contributed by atoms with Crippen LogP contribution in [0.5, 0.6) is 23.0 Å². The van der Waals surface area contributed by atoms with Gasteiger partial charge in [0.2, 0.25) is 12.6 Å². The molecule has 0 saturated carbocycles. The first-order valence-corrected chi connectivity index (χ1v) is 17.2. The van der Waals surface area contributed by atoms with Crippen molar-refractivity contribution in [3.05, 3.63) is 121 Å². The Labute approximate surface area is 225 Å². The van der Waals surface area contributed by atoms with Gasteiger partial charge in [-0.2, -0.15) is 0 Å². The van der Waals surface area contributed by atoms with Crippen LogP contribution in [-0.4, -0.2) is 31.6 Å². The van der Waals surface area contributed by atoms with Crippen molar-refractivity contribution in [2.24, 2.45) is 0 Å². The van der Waals surface area contributed by atoms with Crippen molar-refractivity contribution < 1.29 is 18.9 Å². The molecule has 0 heterocycles. The molecule has 4 aromatic rings. The fourth-order valence-corrected chi connectivity index (χ4v) is 7.88. The zero-order valence-electron chi connectivity index (χ0n) is 21.3. The van der Waals surface area contributed by atoms with Crippen molar-refractivity contribution in [1.29, 1.82) is 0 Å². The van der Waals surface area contributed by atoms with E-state index in [9.17, 15) is 0 Å². The Balaban J connectivity index is 1.20. The molecule has 0 saturated heterocycles. The first-order valence-electron chi connectivity index (χ1n) is 13.2. The number of hydrogen-bond acceptors (Lipinski definition) is 4. The summed E-state index contributed by atoms with van der Waals surface area (Å²) < 4.78 is 24.7. The lowest BCUT2D eigenvalue weighted by Crippen LogP contribution is -2.26. The second-order valence-electron chi connectivity index (χ2n) is 8.93. The largest absolute Gasteiger partial charge is 0.455 e. The number of para-hydroxylation sites is 4. The summed E-state index contributed by atoms with van der Waals surface area (Å²) in [6.07, 6.45) is 0.791. The molecule has 0 aliphatic heterocycles. The molecule has 0 aromatic heterocycles. The van der Waals surface area contributed by atoms with Gasteiger partial charge in [-0.15, -0.1) is 0 Å². The van der Waals surface area contributed by atoms with Crippen LogP contribution in [0.4, 0.5) is 0 Å². The SMILES string of the molecule is c1ccc(OC(C[SiH2]CCC[SiH2]CC(Oc2ccccc2)Oc2ccccc2)Oc2ccccc2)cc1. The quantitative estimate of drug-likeness (QED) is 0.0964. The maximum absolute atomic E-state index is 6.18. The topological polar surface area (TPSA) is 36.9 Å². The van der Waals surface area contributed by atoms with Crippen molar-refractivity contribution in [3.63, 3.8) is 0 Å². The minimum absolute atomic E-state index is 0.239. The van der Waals surface area contributed by atoms with Crippen LogP contribution in [0.25, 0.3) is 0 Å².